The molecule has 0 amide bonds. The molecule has 0 fully saturated rings. The number of carbonyl (C=O) groups excluding carboxylic acids is 2. The van der Waals surface area contributed by atoms with Crippen molar-refractivity contribution in [2.45, 2.75) is 396 Å². The molecular weight excluding hydrogens is 1270 g/mol. The van der Waals surface area contributed by atoms with Crippen molar-refractivity contribution in [3.63, 3.8) is 0 Å². The van der Waals surface area contributed by atoms with Gasteiger partial charge in [0.2, 0.25) is 0 Å². The van der Waals surface area contributed by atoms with Gasteiger partial charge in [-0.25, -0.2) is 0 Å². The van der Waals surface area contributed by atoms with E-state index in [4.69, 9.17) is 0 Å². The van der Waals surface area contributed by atoms with Crippen molar-refractivity contribution in [3.05, 3.63) is 97.2 Å². The maximum absolute atomic E-state index is 14.9. The van der Waals surface area contributed by atoms with Crippen LogP contribution < -0.4 is 0 Å². The van der Waals surface area contributed by atoms with Crippen LogP contribution in [0.25, 0.3) is 0 Å². The summed E-state index contributed by atoms with van der Waals surface area (Å²) in [6.07, 6.45) is 79.1. The lowest BCUT2D eigenvalue weighted by molar-refractivity contribution is -0.308. The van der Waals surface area contributed by atoms with Crippen molar-refractivity contribution in [3.8, 4) is 0 Å². The van der Waals surface area contributed by atoms with E-state index in [1.165, 1.54) is 77.0 Å². The molecule has 8 nitrogen and oxygen atoms in total. The zero-order valence-corrected chi connectivity index (χ0v) is 63.0. The van der Waals surface area contributed by atoms with Gasteiger partial charge in [0.15, 0.2) is 22.8 Å². The Labute approximate surface area is 584 Å². The number of halogens is 2. The van der Waals surface area contributed by atoms with Crippen LogP contribution in [0.15, 0.2) is 97.2 Å². The van der Waals surface area contributed by atoms with Crippen LogP contribution in [0.3, 0.4) is 0 Å². The fourth-order valence-corrected chi connectivity index (χ4v) is 13.6. The smallest absolute Gasteiger partial charge is 0.194 e. The quantitative estimate of drug-likeness (QED) is 0.0200. The van der Waals surface area contributed by atoms with Crippen LogP contribution in [0.2, 0.25) is 0 Å². The summed E-state index contributed by atoms with van der Waals surface area (Å²) in [7, 11) is 0. The van der Waals surface area contributed by atoms with Crippen LogP contribution >= 0.6 is 31.9 Å². The number of hydrogen-bond donors (Lipinski definition) is 6. The van der Waals surface area contributed by atoms with Gasteiger partial charge in [0.1, 0.15) is 11.2 Å². The van der Waals surface area contributed by atoms with Crippen molar-refractivity contribution in [1.82, 2.24) is 0 Å². The lowest BCUT2D eigenvalue weighted by Gasteiger charge is -2.58. The molecule has 0 bridgehead atoms. The van der Waals surface area contributed by atoms with Crippen molar-refractivity contribution < 1.29 is 40.2 Å². The van der Waals surface area contributed by atoms with Crippen LogP contribution in [-0.4, -0.2) is 87.5 Å². The van der Waals surface area contributed by atoms with E-state index < -0.39 is 56.8 Å². The van der Waals surface area contributed by atoms with Crippen LogP contribution in [0.4, 0.5) is 0 Å². The molecule has 10 heteroatoms. The standard InChI is InChI=1S/C82H144Br2O8/c1-5-9-13-17-21-25-29-33-37-41-45-49-53-57-61-65-69-75(85)79(89,71-67-63-59-55-51-47-43-39-35-31-27-23-19-15-11-7-3)81(91,77(87)73-83)82(92,78(88)74-84)80(90,72-68-64-60-56-52-48-44-40-36-32-28-24-20-16-12-8-4)76(86)70-66-62-58-54-50-46-42-38-34-30-26-22-18-14-10-6-2/h21-28,33-40,75-76,85-86,89-92H,5-20,29-32,41-74H2,1-4H3/b25-21-,26-22-,27-23-,28-24-,37-33-,38-34-,39-35-,40-36-/t75?,76?,79-,80-,81-,82-/m1/s1. The van der Waals surface area contributed by atoms with Crippen molar-refractivity contribution in [2.75, 3.05) is 10.7 Å². The van der Waals surface area contributed by atoms with Crippen LogP contribution in [0.5, 0.6) is 0 Å². The Morgan fingerprint density at radius 3 is 0.674 bits per heavy atom. The van der Waals surface area contributed by atoms with E-state index in [2.05, 4.69) is 157 Å². The highest BCUT2D eigenvalue weighted by atomic mass is 79.9. The number of aliphatic hydroxyl groups excluding tert-OH is 2. The predicted molar refractivity (Wildman–Crippen MR) is 405 cm³/mol. The van der Waals surface area contributed by atoms with E-state index in [0.717, 1.165) is 193 Å². The van der Waals surface area contributed by atoms with E-state index in [-0.39, 0.29) is 38.5 Å². The van der Waals surface area contributed by atoms with Gasteiger partial charge in [-0.15, -0.1) is 0 Å². The molecule has 0 rings (SSSR count). The molecule has 0 heterocycles. The Morgan fingerprint density at radius 2 is 0.467 bits per heavy atom. The highest BCUT2D eigenvalue weighted by Gasteiger charge is 2.77. The minimum atomic E-state index is -3.43. The summed E-state index contributed by atoms with van der Waals surface area (Å²) in [5, 5.41) is 77.8. The summed E-state index contributed by atoms with van der Waals surface area (Å²) in [6, 6.07) is 0. The number of ketones is 2. The number of alkyl halides is 2. The number of carbonyl (C=O) groups is 2. The molecule has 6 N–H and O–H groups in total. The van der Waals surface area contributed by atoms with E-state index >= 15 is 0 Å². The molecule has 0 saturated heterocycles. The molecule has 2 unspecified atom stereocenters. The van der Waals surface area contributed by atoms with E-state index in [1.54, 1.807) is 0 Å². The van der Waals surface area contributed by atoms with Gasteiger partial charge in [0.25, 0.3) is 0 Å². The Balaban J connectivity index is 6.69. The van der Waals surface area contributed by atoms with Crippen molar-refractivity contribution in [1.29, 1.82) is 0 Å². The normalized spacial score (nSPS) is 16.0. The van der Waals surface area contributed by atoms with Gasteiger partial charge in [-0.2, -0.15) is 0 Å². The van der Waals surface area contributed by atoms with Crippen LogP contribution in [0.1, 0.15) is 362 Å². The summed E-state index contributed by atoms with van der Waals surface area (Å²) < 4.78 is 0. The highest BCUT2D eigenvalue weighted by molar-refractivity contribution is 9.09. The third kappa shape index (κ3) is 41.3. The van der Waals surface area contributed by atoms with E-state index in [0.29, 0.717) is 25.7 Å². The number of aliphatic hydroxyl groups is 6. The number of allylic oxidation sites excluding steroid dienone is 16. The lowest BCUT2D eigenvalue weighted by Crippen LogP contribution is -2.85. The Bertz CT molecular complexity index is 1800. The summed E-state index contributed by atoms with van der Waals surface area (Å²) in [5.74, 6) is -2.27. The molecule has 92 heavy (non-hydrogen) atoms. The van der Waals surface area contributed by atoms with Crippen molar-refractivity contribution in [2.24, 2.45) is 0 Å². The number of unbranched alkanes of at least 4 members (excludes halogenated alkanes) is 36. The number of rotatable bonds is 69. The molecule has 0 spiro atoms. The van der Waals surface area contributed by atoms with Gasteiger partial charge in [0.05, 0.1) is 22.9 Å². The fourth-order valence-electron chi connectivity index (χ4n) is 12.8. The van der Waals surface area contributed by atoms with Gasteiger partial charge in [-0.3, -0.25) is 9.59 Å². The highest BCUT2D eigenvalue weighted by Crippen LogP contribution is 2.50. The molecule has 0 radical (unpaired) electrons. The molecular formula is C82H144Br2O8. The largest absolute Gasteiger partial charge is 0.390 e. The topological polar surface area (TPSA) is 156 Å². The Hall–Kier alpha value is -2.02. The molecule has 0 aromatic carbocycles. The first-order valence-corrected chi connectivity index (χ1v) is 40.7. The fraction of sp³-hybridized carbons (Fsp3) is 0.780. The average molecular weight is 1420 g/mol. The lowest BCUT2D eigenvalue weighted by atomic mass is 9.55. The van der Waals surface area contributed by atoms with E-state index in [1.807, 2.05) is 0 Å². The summed E-state index contributed by atoms with van der Waals surface area (Å²) in [4.78, 5) is 29.9. The maximum Gasteiger partial charge on any atom is 0.194 e. The van der Waals surface area contributed by atoms with Crippen LogP contribution in [0, 0.1) is 0 Å². The first kappa shape index (κ1) is 90.0. The SMILES string of the molecule is CCCCC/C=C\C/C=C\CCCCCCCCC(O)[C@](O)(CCCCCCCC/C=C\C/C=C\CCCCC)[C@](O)(C(=O)CBr)[C@@](O)(C(=O)CBr)[C@@](O)(CCCCCCCC/C=C\C/C=C\CCCCC)C(O)CCCCCCCC/C=C\C/C=C\CCCCC. The van der Waals surface area contributed by atoms with Gasteiger partial charge in [-0.05, 0) is 154 Å². The summed E-state index contributed by atoms with van der Waals surface area (Å²) in [5.41, 5.74) is -12.4. The predicted octanol–water partition coefficient (Wildman–Crippen LogP) is 23.4. The zero-order valence-electron chi connectivity index (χ0n) is 59.8. The van der Waals surface area contributed by atoms with Gasteiger partial charge in [-0.1, -0.05) is 337 Å². The van der Waals surface area contributed by atoms with Crippen LogP contribution in [-0.2, 0) is 9.59 Å². The summed E-state index contributed by atoms with van der Waals surface area (Å²) >= 11 is 6.51. The minimum Gasteiger partial charge on any atom is -0.390 e. The molecule has 0 aliphatic carbocycles. The number of Topliss-reactive ketones (excluding diaryl/α,β-unsaturated/α-hetero) is 2. The first-order chi connectivity index (χ1) is 44.8. The van der Waals surface area contributed by atoms with Gasteiger partial charge >= 0.3 is 0 Å². The zero-order chi connectivity index (χ0) is 67.8. The van der Waals surface area contributed by atoms with E-state index in [9.17, 15) is 40.2 Å². The summed E-state index contributed by atoms with van der Waals surface area (Å²) in [6.45, 7) is 8.90. The third-order valence-corrected chi connectivity index (χ3v) is 19.8. The molecule has 0 aromatic rings. The third-order valence-electron chi connectivity index (χ3n) is 18.8. The molecule has 0 saturated carbocycles. The molecule has 0 aromatic heterocycles. The van der Waals surface area contributed by atoms with Crippen molar-refractivity contribution >= 4 is 43.4 Å². The maximum atomic E-state index is 14.9. The molecule has 0 aliphatic rings. The number of hydrogen-bond acceptors (Lipinski definition) is 8. The first-order valence-electron chi connectivity index (χ1n) is 38.4. The molecule has 0 aliphatic heterocycles. The minimum absolute atomic E-state index is 0.0103. The average Bonchev–Trinajstić information content (AvgIpc) is 0.695. The second kappa shape index (κ2) is 63.7. The molecule has 534 valence electrons. The second-order valence-corrected chi connectivity index (χ2v) is 28.0. The van der Waals surface area contributed by atoms with Gasteiger partial charge in [0, 0.05) is 0 Å². The Morgan fingerprint density at radius 1 is 0.283 bits per heavy atom. The molecule has 6 atom stereocenters. The second-order valence-electron chi connectivity index (χ2n) is 26.8. The monoisotopic (exact) mass is 1410 g/mol. The van der Waals surface area contributed by atoms with Gasteiger partial charge < -0.3 is 30.6 Å². The Kier molecular flexibility index (Phi) is 62.3.